The molecule has 8 heteroatoms. The fourth-order valence-electron chi connectivity index (χ4n) is 3.40. The lowest BCUT2D eigenvalue weighted by atomic mass is 9.99. The number of sulfonamides is 1. The van der Waals surface area contributed by atoms with Crippen molar-refractivity contribution < 1.29 is 22.7 Å². The lowest BCUT2D eigenvalue weighted by Gasteiger charge is -2.17. The minimum absolute atomic E-state index is 0.0222. The number of aromatic nitrogens is 1. The number of ketones is 1. The van der Waals surface area contributed by atoms with Crippen molar-refractivity contribution in [3.05, 3.63) is 102 Å². The number of aromatic amines is 1. The van der Waals surface area contributed by atoms with E-state index in [0.29, 0.717) is 11.1 Å². The van der Waals surface area contributed by atoms with Gasteiger partial charge in [-0.05, 0) is 31.3 Å². The van der Waals surface area contributed by atoms with Crippen LogP contribution in [0.5, 0.6) is 0 Å². The summed E-state index contributed by atoms with van der Waals surface area (Å²) in [7, 11) is -2.46. The molecule has 0 saturated heterocycles. The summed E-state index contributed by atoms with van der Waals surface area (Å²) in [4.78, 5) is 29.4. The SMILES string of the molecule is CNS(=O)(=O)c1cccc(C(=O)OC(C(=O)c2c[nH]c3ccccc23)c2ccccc2)c1. The maximum atomic E-state index is 13.5. The number of esters is 1. The molecule has 1 heterocycles. The van der Waals surface area contributed by atoms with E-state index in [1.165, 1.54) is 31.3 Å². The van der Waals surface area contributed by atoms with Gasteiger partial charge in [0.2, 0.25) is 15.8 Å². The molecular formula is C24H20N2O5S. The highest BCUT2D eigenvalue weighted by Crippen LogP contribution is 2.28. The molecule has 0 aliphatic rings. The van der Waals surface area contributed by atoms with E-state index in [-0.39, 0.29) is 16.2 Å². The summed E-state index contributed by atoms with van der Waals surface area (Å²) in [6, 6.07) is 21.5. The van der Waals surface area contributed by atoms with Crippen molar-refractivity contribution in [2.24, 2.45) is 0 Å². The van der Waals surface area contributed by atoms with E-state index in [0.717, 1.165) is 10.9 Å². The highest BCUT2D eigenvalue weighted by Gasteiger charge is 2.29. The Morgan fingerprint density at radius 1 is 0.938 bits per heavy atom. The standard InChI is InChI=1S/C24H20N2O5S/c1-25-32(29,30)18-11-7-10-17(14-18)24(28)31-23(16-8-3-2-4-9-16)22(27)20-15-26-21-13-6-5-12-19(20)21/h2-15,23,25-26H,1H3. The zero-order valence-electron chi connectivity index (χ0n) is 17.1. The second kappa shape index (κ2) is 8.78. The number of nitrogens with one attached hydrogen (secondary N) is 2. The highest BCUT2D eigenvalue weighted by molar-refractivity contribution is 7.89. The Kier molecular flexibility index (Phi) is 5.89. The molecule has 3 aromatic carbocycles. The van der Waals surface area contributed by atoms with Crippen LogP contribution >= 0.6 is 0 Å². The lowest BCUT2D eigenvalue weighted by molar-refractivity contribution is 0.0280. The van der Waals surface area contributed by atoms with Gasteiger partial charge in [-0.15, -0.1) is 0 Å². The average molecular weight is 449 g/mol. The van der Waals surface area contributed by atoms with E-state index in [1.54, 1.807) is 36.5 Å². The van der Waals surface area contributed by atoms with Crippen LogP contribution in [0.4, 0.5) is 0 Å². The van der Waals surface area contributed by atoms with Crippen molar-refractivity contribution in [2.45, 2.75) is 11.0 Å². The molecule has 0 spiro atoms. The van der Waals surface area contributed by atoms with Crippen LogP contribution in [0.15, 0.2) is 90.0 Å². The number of carbonyl (C=O) groups is 2. The summed E-state index contributed by atoms with van der Waals surface area (Å²) >= 11 is 0. The van der Waals surface area contributed by atoms with Gasteiger partial charge in [-0.3, -0.25) is 4.79 Å². The van der Waals surface area contributed by atoms with Gasteiger partial charge in [-0.1, -0.05) is 54.6 Å². The van der Waals surface area contributed by atoms with Gasteiger partial charge in [0.05, 0.1) is 10.5 Å². The van der Waals surface area contributed by atoms with Crippen LogP contribution in [0, 0.1) is 0 Å². The number of H-pyrrole nitrogens is 1. The molecule has 0 aliphatic carbocycles. The summed E-state index contributed by atoms with van der Waals surface area (Å²) in [5.74, 6) is -1.19. The van der Waals surface area contributed by atoms with Crippen molar-refractivity contribution in [1.29, 1.82) is 0 Å². The van der Waals surface area contributed by atoms with Crippen LogP contribution < -0.4 is 4.72 Å². The van der Waals surface area contributed by atoms with E-state index in [2.05, 4.69) is 9.71 Å². The Morgan fingerprint density at radius 2 is 1.66 bits per heavy atom. The molecule has 0 radical (unpaired) electrons. The van der Waals surface area contributed by atoms with Gasteiger partial charge in [0.1, 0.15) is 0 Å². The first-order valence-corrected chi connectivity index (χ1v) is 11.3. The maximum Gasteiger partial charge on any atom is 0.339 e. The number of benzene rings is 3. The summed E-state index contributed by atoms with van der Waals surface area (Å²) in [5.41, 5.74) is 1.72. The van der Waals surface area contributed by atoms with E-state index in [4.69, 9.17) is 4.74 Å². The average Bonchev–Trinajstić information content (AvgIpc) is 3.27. The van der Waals surface area contributed by atoms with Crippen molar-refractivity contribution >= 4 is 32.7 Å². The fraction of sp³-hybridized carbons (Fsp3) is 0.0833. The number of para-hydroxylation sites is 1. The van der Waals surface area contributed by atoms with E-state index < -0.39 is 22.1 Å². The summed E-state index contributed by atoms with van der Waals surface area (Å²) in [5, 5.41) is 0.719. The van der Waals surface area contributed by atoms with Gasteiger partial charge in [0.25, 0.3) is 0 Å². The van der Waals surface area contributed by atoms with Crippen LogP contribution in [0.3, 0.4) is 0 Å². The van der Waals surface area contributed by atoms with Gasteiger partial charge in [-0.2, -0.15) is 0 Å². The molecular weight excluding hydrogens is 428 g/mol. The van der Waals surface area contributed by atoms with E-state index in [9.17, 15) is 18.0 Å². The molecule has 1 unspecified atom stereocenters. The number of fused-ring (bicyclic) bond motifs is 1. The third-order valence-electron chi connectivity index (χ3n) is 5.07. The predicted octanol–water partition coefficient (Wildman–Crippen LogP) is 3.86. The predicted molar refractivity (Wildman–Crippen MR) is 120 cm³/mol. The summed E-state index contributed by atoms with van der Waals surface area (Å²) < 4.78 is 32.0. The first-order valence-electron chi connectivity index (χ1n) is 9.80. The Balaban J connectivity index is 1.70. The number of hydrogen-bond donors (Lipinski definition) is 2. The second-order valence-electron chi connectivity index (χ2n) is 7.04. The molecule has 0 fully saturated rings. The van der Waals surface area contributed by atoms with Crippen LogP contribution in [0.25, 0.3) is 10.9 Å². The molecule has 7 nitrogen and oxygen atoms in total. The molecule has 4 rings (SSSR count). The van der Waals surface area contributed by atoms with E-state index in [1.807, 2.05) is 24.3 Å². The second-order valence-corrected chi connectivity index (χ2v) is 8.93. The smallest absolute Gasteiger partial charge is 0.339 e. The van der Waals surface area contributed by atoms with Gasteiger partial charge < -0.3 is 9.72 Å². The maximum absolute atomic E-state index is 13.5. The Labute approximate surface area is 185 Å². The normalized spacial score (nSPS) is 12.4. The quantitative estimate of drug-likeness (QED) is 0.330. The van der Waals surface area contributed by atoms with Crippen molar-refractivity contribution in [1.82, 2.24) is 9.71 Å². The number of Topliss-reactive ketones (excluding diaryl/α,β-unsaturated/α-hetero) is 1. The molecule has 32 heavy (non-hydrogen) atoms. The van der Waals surface area contributed by atoms with Gasteiger partial charge in [0, 0.05) is 28.2 Å². The molecule has 162 valence electrons. The van der Waals surface area contributed by atoms with Gasteiger partial charge in [0.15, 0.2) is 6.10 Å². The molecule has 2 N–H and O–H groups in total. The minimum Gasteiger partial charge on any atom is -0.445 e. The molecule has 4 aromatic rings. The largest absolute Gasteiger partial charge is 0.445 e. The third kappa shape index (κ3) is 4.18. The Hall–Kier alpha value is -3.75. The van der Waals surface area contributed by atoms with Crippen molar-refractivity contribution in [2.75, 3.05) is 7.05 Å². The van der Waals surface area contributed by atoms with Crippen LogP contribution in [-0.2, 0) is 14.8 Å². The van der Waals surface area contributed by atoms with Crippen LogP contribution in [0.2, 0.25) is 0 Å². The van der Waals surface area contributed by atoms with Crippen LogP contribution in [0.1, 0.15) is 32.4 Å². The molecule has 0 aliphatic heterocycles. The monoisotopic (exact) mass is 448 g/mol. The van der Waals surface area contributed by atoms with E-state index >= 15 is 0 Å². The lowest BCUT2D eigenvalue weighted by Crippen LogP contribution is -2.21. The first kappa shape index (κ1) is 21.5. The highest BCUT2D eigenvalue weighted by atomic mass is 32.2. The van der Waals surface area contributed by atoms with Gasteiger partial charge >= 0.3 is 5.97 Å². The third-order valence-corrected chi connectivity index (χ3v) is 6.48. The zero-order valence-corrected chi connectivity index (χ0v) is 17.9. The summed E-state index contributed by atoms with van der Waals surface area (Å²) in [6.07, 6.45) is 0.393. The number of carbonyl (C=O) groups excluding carboxylic acids is 2. The van der Waals surface area contributed by atoms with Crippen molar-refractivity contribution in [3.63, 3.8) is 0 Å². The summed E-state index contributed by atoms with van der Waals surface area (Å²) in [6.45, 7) is 0. The first-order chi connectivity index (χ1) is 15.4. The fourth-order valence-corrected chi connectivity index (χ4v) is 4.18. The van der Waals surface area contributed by atoms with Crippen molar-refractivity contribution in [3.8, 4) is 0 Å². The molecule has 0 saturated carbocycles. The number of ether oxygens (including phenoxy) is 1. The number of rotatable bonds is 7. The van der Waals surface area contributed by atoms with Crippen LogP contribution in [-0.4, -0.2) is 32.2 Å². The topological polar surface area (TPSA) is 105 Å². The zero-order chi connectivity index (χ0) is 22.7. The molecule has 1 aromatic heterocycles. The molecule has 0 bridgehead atoms. The van der Waals surface area contributed by atoms with Gasteiger partial charge in [-0.25, -0.2) is 17.9 Å². The Bertz CT molecular complexity index is 1390. The number of hydrogen-bond acceptors (Lipinski definition) is 5. The molecule has 0 amide bonds. The Morgan fingerprint density at radius 3 is 2.41 bits per heavy atom. The molecule has 1 atom stereocenters. The minimum atomic E-state index is -3.74.